The summed E-state index contributed by atoms with van der Waals surface area (Å²) in [5, 5.41) is 1.56. The van der Waals surface area contributed by atoms with E-state index in [-0.39, 0.29) is 5.63 Å². The first-order valence-corrected chi connectivity index (χ1v) is 9.21. The maximum atomic E-state index is 11.9. The van der Waals surface area contributed by atoms with Crippen LogP contribution in [0.25, 0.3) is 11.0 Å². The fourth-order valence-corrected chi connectivity index (χ4v) is 3.25. The van der Waals surface area contributed by atoms with Crippen LogP contribution < -0.4 is 15.3 Å². The Bertz CT molecular complexity index is 1010. The van der Waals surface area contributed by atoms with Gasteiger partial charge in [-0.1, -0.05) is 24.3 Å². The van der Waals surface area contributed by atoms with Gasteiger partial charge in [-0.2, -0.15) is 0 Å². The topological polar surface area (TPSA) is 43.9 Å². The normalized spacial score (nSPS) is 12.1. The lowest BCUT2D eigenvalue weighted by molar-refractivity contribution is -0.907. The van der Waals surface area contributed by atoms with Crippen molar-refractivity contribution in [2.45, 2.75) is 20.0 Å². The molecule has 0 amide bonds. The summed E-state index contributed by atoms with van der Waals surface area (Å²) in [5.41, 5.74) is 3.27. The molecule has 3 aromatic rings. The molecule has 0 bridgehead atoms. The Morgan fingerprint density at radius 3 is 2.63 bits per heavy atom. The summed E-state index contributed by atoms with van der Waals surface area (Å²) in [7, 11) is 2.10. The fourth-order valence-electron chi connectivity index (χ4n) is 3.09. The van der Waals surface area contributed by atoms with Gasteiger partial charge in [0.1, 0.15) is 31.0 Å². The van der Waals surface area contributed by atoms with Gasteiger partial charge in [0.25, 0.3) is 0 Å². The van der Waals surface area contributed by atoms with Crippen LogP contribution in [0.5, 0.6) is 5.75 Å². The van der Waals surface area contributed by atoms with Crippen molar-refractivity contribution >= 4 is 22.6 Å². The largest absolute Gasteiger partial charge is 0.490 e. The number of aryl methyl sites for hydroxylation is 1. The van der Waals surface area contributed by atoms with Gasteiger partial charge >= 0.3 is 5.63 Å². The minimum Gasteiger partial charge on any atom is -0.490 e. The predicted octanol–water partition coefficient (Wildman–Crippen LogP) is 3.53. The Balaban J connectivity index is 1.77. The van der Waals surface area contributed by atoms with Crippen molar-refractivity contribution in [3.05, 3.63) is 87.3 Å². The lowest BCUT2D eigenvalue weighted by atomic mass is 10.1. The third-order valence-corrected chi connectivity index (χ3v) is 4.81. The number of fused-ring (bicyclic) bond motifs is 1. The van der Waals surface area contributed by atoms with Crippen molar-refractivity contribution in [1.29, 1.82) is 0 Å². The number of benzene rings is 2. The molecule has 1 heterocycles. The molecule has 1 aromatic heterocycles. The highest BCUT2D eigenvalue weighted by Gasteiger charge is 2.13. The molecule has 27 heavy (non-hydrogen) atoms. The molecule has 4 nitrogen and oxygen atoms in total. The lowest BCUT2D eigenvalue weighted by Gasteiger charge is -2.16. The molecule has 1 unspecified atom stereocenters. The highest BCUT2D eigenvalue weighted by Crippen LogP contribution is 2.24. The molecule has 5 heteroatoms. The average Bonchev–Trinajstić information content (AvgIpc) is 2.62. The predicted molar refractivity (Wildman–Crippen MR) is 109 cm³/mol. The molecular weight excluding hydrogens is 362 g/mol. The molecule has 1 atom stereocenters. The molecule has 0 aliphatic carbocycles. The summed E-state index contributed by atoms with van der Waals surface area (Å²) in [5.74, 6) is 0.827. The maximum Gasteiger partial charge on any atom is 0.336 e. The van der Waals surface area contributed by atoms with Crippen LogP contribution in [0, 0.1) is 6.92 Å². The van der Waals surface area contributed by atoms with E-state index in [1.54, 1.807) is 12.1 Å². The van der Waals surface area contributed by atoms with Crippen LogP contribution >= 0.6 is 11.6 Å². The van der Waals surface area contributed by atoms with Crippen molar-refractivity contribution in [2.24, 2.45) is 0 Å². The van der Waals surface area contributed by atoms with Crippen molar-refractivity contribution in [3.8, 4) is 5.75 Å². The van der Waals surface area contributed by atoms with Crippen LogP contribution in [0.4, 0.5) is 0 Å². The molecule has 3 rings (SSSR count). The number of halogens is 1. The second-order valence-corrected chi connectivity index (χ2v) is 7.15. The summed E-state index contributed by atoms with van der Waals surface area (Å²) in [4.78, 5) is 13.2. The zero-order chi connectivity index (χ0) is 19.4. The molecular formula is C22H23ClNO3+. The third-order valence-electron chi connectivity index (χ3n) is 4.40. The van der Waals surface area contributed by atoms with E-state index >= 15 is 0 Å². The second-order valence-electron chi connectivity index (χ2n) is 6.74. The Morgan fingerprint density at radius 1 is 1.19 bits per heavy atom. The van der Waals surface area contributed by atoms with Gasteiger partial charge in [-0.3, -0.25) is 0 Å². The summed E-state index contributed by atoms with van der Waals surface area (Å²) < 4.78 is 10.8. The van der Waals surface area contributed by atoms with E-state index in [1.165, 1.54) is 10.5 Å². The van der Waals surface area contributed by atoms with Gasteiger partial charge in [0.15, 0.2) is 0 Å². The van der Waals surface area contributed by atoms with Gasteiger partial charge in [0, 0.05) is 27.6 Å². The number of hydrogen-bond acceptors (Lipinski definition) is 3. The van der Waals surface area contributed by atoms with Crippen LogP contribution in [0.15, 0.2) is 64.3 Å². The van der Waals surface area contributed by atoms with Crippen LogP contribution in [0.1, 0.15) is 16.7 Å². The molecule has 140 valence electrons. The molecule has 0 aliphatic heterocycles. The smallest absolute Gasteiger partial charge is 0.336 e. The quantitative estimate of drug-likeness (QED) is 0.500. The highest BCUT2D eigenvalue weighted by molar-refractivity contribution is 6.32. The Labute approximate surface area is 163 Å². The van der Waals surface area contributed by atoms with Crippen LogP contribution in [-0.4, -0.2) is 13.7 Å². The zero-order valence-corrected chi connectivity index (χ0v) is 16.3. The van der Waals surface area contributed by atoms with Gasteiger partial charge in [-0.05, 0) is 48.9 Å². The maximum absolute atomic E-state index is 11.9. The summed E-state index contributed by atoms with van der Waals surface area (Å²) in [6.07, 6.45) is 1.72. The molecule has 2 aromatic carbocycles. The molecule has 0 fully saturated rings. The van der Waals surface area contributed by atoms with Crippen LogP contribution in [0.3, 0.4) is 0 Å². The van der Waals surface area contributed by atoms with Gasteiger partial charge < -0.3 is 14.1 Å². The van der Waals surface area contributed by atoms with Crippen molar-refractivity contribution in [3.63, 3.8) is 0 Å². The van der Waals surface area contributed by atoms with Crippen LogP contribution in [0.2, 0.25) is 5.02 Å². The molecule has 0 spiro atoms. The monoisotopic (exact) mass is 384 g/mol. The third kappa shape index (κ3) is 4.79. The minimum atomic E-state index is -0.337. The summed E-state index contributed by atoms with van der Waals surface area (Å²) in [6.45, 7) is 7.55. The lowest BCUT2D eigenvalue weighted by Crippen LogP contribution is -3.06. The zero-order valence-electron chi connectivity index (χ0n) is 15.5. The van der Waals surface area contributed by atoms with E-state index in [4.69, 9.17) is 20.8 Å². The van der Waals surface area contributed by atoms with E-state index in [2.05, 4.69) is 25.8 Å². The van der Waals surface area contributed by atoms with Gasteiger partial charge in [0.05, 0.1) is 7.05 Å². The summed E-state index contributed by atoms with van der Waals surface area (Å²) in [6, 6.07) is 13.3. The van der Waals surface area contributed by atoms with E-state index in [0.29, 0.717) is 23.8 Å². The van der Waals surface area contributed by atoms with Crippen molar-refractivity contribution in [1.82, 2.24) is 0 Å². The Hall–Kier alpha value is -2.56. The second kappa shape index (κ2) is 8.42. The molecule has 0 radical (unpaired) electrons. The highest BCUT2D eigenvalue weighted by atomic mass is 35.5. The minimum absolute atomic E-state index is 0.337. The number of ether oxygens (including phenoxy) is 1. The van der Waals surface area contributed by atoms with Crippen molar-refractivity contribution < 1.29 is 14.1 Å². The first kappa shape index (κ1) is 19.2. The van der Waals surface area contributed by atoms with E-state index in [0.717, 1.165) is 28.8 Å². The first-order valence-electron chi connectivity index (χ1n) is 8.83. The summed E-state index contributed by atoms with van der Waals surface area (Å²) >= 11 is 6.27. The van der Waals surface area contributed by atoms with Gasteiger partial charge in [0.2, 0.25) is 0 Å². The molecule has 1 N–H and O–H groups in total. The van der Waals surface area contributed by atoms with E-state index < -0.39 is 0 Å². The molecule has 0 saturated carbocycles. The molecule has 0 saturated heterocycles. The number of rotatable bonds is 7. The first-order chi connectivity index (χ1) is 13.0. The SMILES string of the molecule is C=CCOc1ccc(C[NH+](C)Cc2cc(=O)oc3cc(C)c(Cl)cc23)cc1. The number of nitrogens with one attached hydrogen (secondary N) is 1. The Morgan fingerprint density at radius 2 is 1.93 bits per heavy atom. The number of quaternary nitrogens is 1. The standard InChI is InChI=1S/C22H22ClNO3/c1-4-9-26-18-7-5-16(6-8-18)13-24(3)14-17-11-22(25)27-21-10-15(2)20(23)12-19(17)21/h4-8,10-12H,1,9,13-14H2,2-3H3/p+1. The Kier molecular flexibility index (Phi) is 5.99. The van der Waals surface area contributed by atoms with E-state index in [9.17, 15) is 4.79 Å². The average molecular weight is 385 g/mol. The van der Waals surface area contributed by atoms with Gasteiger partial charge in [-0.15, -0.1) is 0 Å². The molecule has 0 aliphatic rings. The van der Waals surface area contributed by atoms with Gasteiger partial charge in [-0.25, -0.2) is 4.79 Å². The number of hydrogen-bond donors (Lipinski definition) is 1. The van der Waals surface area contributed by atoms with Crippen LogP contribution in [-0.2, 0) is 13.1 Å². The van der Waals surface area contributed by atoms with Crippen molar-refractivity contribution in [2.75, 3.05) is 13.7 Å². The van der Waals surface area contributed by atoms with E-state index in [1.807, 2.05) is 31.2 Å². The fraction of sp³-hybridized carbons (Fsp3) is 0.227.